The summed E-state index contributed by atoms with van der Waals surface area (Å²) in [6, 6.07) is 8.89. The predicted molar refractivity (Wildman–Crippen MR) is 101 cm³/mol. The van der Waals surface area contributed by atoms with Crippen LogP contribution in [0.15, 0.2) is 24.3 Å². The lowest BCUT2D eigenvalue weighted by molar-refractivity contribution is -0.192. The van der Waals surface area contributed by atoms with Gasteiger partial charge in [-0.2, -0.15) is 13.2 Å². The molecule has 0 spiro atoms. The van der Waals surface area contributed by atoms with E-state index in [1.165, 1.54) is 17.5 Å². The highest BCUT2D eigenvalue weighted by Crippen LogP contribution is 2.35. The van der Waals surface area contributed by atoms with E-state index < -0.39 is 12.1 Å². The topological polar surface area (TPSA) is 60.9 Å². The first-order chi connectivity index (χ1) is 13.6. The number of carboxylic acid groups (broad SMARTS) is 1. The molecule has 2 aliphatic heterocycles. The number of benzene rings is 1. The van der Waals surface area contributed by atoms with Crippen LogP contribution in [0.4, 0.5) is 13.2 Å². The summed E-state index contributed by atoms with van der Waals surface area (Å²) in [4.78, 5) is 26.0. The van der Waals surface area contributed by atoms with Crippen molar-refractivity contribution in [1.82, 2.24) is 9.80 Å². The quantitative estimate of drug-likeness (QED) is 0.828. The fourth-order valence-corrected chi connectivity index (χ4v) is 4.26. The fourth-order valence-electron chi connectivity index (χ4n) is 4.26. The van der Waals surface area contributed by atoms with Crippen LogP contribution in [0.2, 0.25) is 0 Å². The number of nitrogens with zero attached hydrogens (tertiary/aromatic N) is 2. The minimum absolute atomic E-state index is 0.363. The Morgan fingerprint density at radius 3 is 1.97 bits per heavy atom. The number of alkyl halides is 3. The number of aryl methyl sites for hydroxylation is 1. The molecular weight excluding hydrogens is 385 g/mol. The van der Waals surface area contributed by atoms with E-state index in [1.54, 1.807) is 0 Å². The van der Waals surface area contributed by atoms with Gasteiger partial charge < -0.3 is 10.0 Å². The van der Waals surface area contributed by atoms with E-state index in [9.17, 15) is 18.0 Å². The van der Waals surface area contributed by atoms with Crippen LogP contribution in [0.1, 0.15) is 30.4 Å². The van der Waals surface area contributed by atoms with Crippen LogP contribution in [0.5, 0.6) is 0 Å². The number of rotatable bonds is 3. The summed E-state index contributed by atoms with van der Waals surface area (Å²) in [5, 5.41) is 7.12. The van der Waals surface area contributed by atoms with Crippen LogP contribution in [-0.4, -0.2) is 59.1 Å². The van der Waals surface area contributed by atoms with Gasteiger partial charge in [0.15, 0.2) is 0 Å². The standard InChI is InChI=1S/C19H26N2O.C2HF3O2/c1-14-5-7-15(8-6-14)9-20-10-17-12-21(13-18(17)11-20)19(22)16-3-2-4-16;3-2(4,5)1(6)7/h5-8,16-18H,2-4,9-13H2,1H3;(H,6,7)/t17-,18+;. The number of amides is 1. The summed E-state index contributed by atoms with van der Waals surface area (Å²) < 4.78 is 31.7. The lowest BCUT2D eigenvalue weighted by Crippen LogP contribution is -2.39. The minimum atomic E-state index is -5.08. The molecule has 0 aromatic heterocycles. The third-order valence-corrected chi connectivity index (χ3v) is 6.10. The van der Waals surface area contributed by atoms with E-state index in [0.717, 1.165) is 45.6 Å². The number of carbonyl (C=O) groups excluding carboxylic acids is 1. The van der Waals surface area contributed by atoms with Crippen molar-refractivity contribution in [2.24, 2.45) is 17.8 Å². The zero-order valence-electron chi connectivity index (χ0n) is 16.5. The number of carbonyl (C=O) groups is 2. The van der Waals surface area contributed by atoms with E-state index in [0.29, 0.717) is 23.7 Å². The van der Waals surface area contributed by atoms with Crippen molar-refractivity contribution in [3.05, 3.63) is 35.4 Å². The van der Waals surface area contributed by atoms with Gasteiger partial charge in [0.25, 0.3) is 0 Å². The van der Waals surface area contributed by atoms with Crippen LogP contribution in [0.3, 0.4) is 0 Å². The average Bonchev–Trinajstić information content (AvgIpc) is 3.13. The number of fused-ring (bicyclic) bond motifs is 1. The smallest absolute Gasteiger partial charge is 0.475 e. The zero-order chi connectivity index (χ0) is 21.2. The van der Waals surface area contributed by atoms with E-state index in [-0.39, 0.29) is 0 Å². The fraction of sp³-hybridized carbons (Fsp3) is 0.619. The number of hydrogen-bond donors (Lipinski definition) is 1. The molecule has 1 aromatic carbocycles. The molecule has 0 unspecified atom stereocenters. The Labute approximate surface area is 168 Å². The molecule has 1 aromatic rings. The third kappa shape index (κ3) is 5.50. The van der Waals surface area contributed by atoms with Crippen LogP contribution in [0.25, 0.3) is 0 Å². The number of hydrogen-bond acceptors (Lipinski definition) is 3. The number of carboxylic acids is 1. The largest absolute Gasteiger partial charge is 0.490 e. The van der Waals surface area contributed by atoms with Crippen molar-refractivity contribution in [3.63, 3.8) is 0 Å². The van der Waals surface area contributed by atoms with Gasteiger partial charge in [-0.1, -0.05) is 36.2 Å². The Bertz CT molecular complexity index is 718. The van der Waals surface area contributed by atoms with Gasteiger partial charge in [0.1, 0.15) is 0 Å². The number of halogens is 3. The Morgan fingerprint density at radius 2 is 1.55 bits per heavy atom. The Kier molecular flexibility index (Phi) is 6.51. The second kappa shape index (κ2) is 8.73. The van der Waals surface area contributed by atoms with Gasteiger partial charge in [0.05, 0.1) is 0 Å². The first-order valence-electron chi connectivity index (χ1n) is 10.00. The second-order valence-electron chi connectivity index (χ2n) is 8.37. The van der Waals surface area contributed by atoms with E-state index in [4.69, 9.17) is 9.90 Å². The van der Waals surface area contributed by atoms with Crippen LogP contribution in [0, 0.1) is 24.7 Å². The molecule has 1 amide bonds. The summed E-state index contributed by atoms with van der Waals surface area (Å²) in [5.41, 5.74) is 2.74. The molecule has 1 saturated carbocycles. The molecule has 2 heterocycles. The van der Waals surface area contributed by atoms with E-state index in [1.807, 2.05) is 0 Å². The van der Waals surface area contributed by atoms with Crippen LogP contribution >= 0.6 is 0 Å². The molecule has 3 aliphatic rings. The van der Waals surface area contributed by atoms with Gasteiger partial charge in [-0.25, -0.2) is 4.79 Å². The maximum Gasteiger partial charge on any atom is 0.490 e. The van der Waals surface area contributed by atoms with Gasteiger partial charge in [-0.05, 0) is 37.2 Å². The normalized spacial score (nSPS) is 24.5. The first kappa shape index (κ1) is 21.6. The summed E-state index contributed by atoms with van der Waals surface area (Å²) in [6.45, 7) is 7.52. The van der Waals surface area contributed by atoms with Crippen molar-refractivity contribution in [2.75, 3.05) is 26.2 Å². The van der Waals surface area contributed by atoms with Gasteiger partial charge in [-0.15, -0.1) is 0 Å². The maximum absolute atomic E-state index is 12.4. The Hall–Kier alpha value is -2.09. The Balaban J connectivity index is 0.000000298. The molecule has 2 saturated heterocycles. The van der Waals surface area contributed by atoms with Crippen molar-refractivity contribution < 1.29 is 27.9 Å². The van der Waals surface area contributed by atoms with Gasteiger partial charge in [-0.3, -0.25) is 9.69 Å². The molecule has 1 aliphatic carbocycles. The van der Waals surface area contributed by atoms with Gasteiger partial charge in [0.2, 0.25) is 5.91 Å². The summed E-state index contributed by atoms with van der Waals surface area (Å²) in [6.07, 6.45) is -1.57. The average molecular weight is 412 g/mol. The molecule has 29 heavy (non-hydrogen) atoms. The number of likely N-dealkylation sites (tertiary alicyclic amines) is 2. The lowest BCUT2D eigenvalue weighted by atomic mass is 9.84. The minimum Gasteiger partial charge on any atom is -0.475 e. The summed E-state index contributed by atoms with van der Waals surface area (Å²) in [7, 11) is 0. The van der Waals surface area contributed by atoms with Crippen molar-refractivity contribution in [1.29, 1.82) is 0 Å². The maximum atomic E-state index is 12.4. The second-order valence-corrected chi connectivity index (χ2v) is 8.37. The van der Waals surface area contributed by atoms with Crippen molar-refractivity contribution in [2.45, 2.75) is 38.9 Å². The molecule has 8 heteroatoms. The molecule has 3 fully saturated rings. The monoisotopic (exact) mass is 412 g/mol. The third-order valence-electron chi connectivity index (χ3n) is 6.10. The van der Waals surface area contributed by atoms with Crippen molar-refractivity contribution >= 4 is 11.9 Å². The molecule has 0 bridgehead atoms. The first-order valence-corrected chi connectivity index (χ1v) is 10.00. The molecule has 160 valence electrons. The van der Waals surface area contributed by atoms with E-state index >= 15 is 0 Å². The highest BCUT2D eigenvalue weighted by atomic mass is 19.4. The summed E-state index contributed by atoms with van der Waals surface area (Å²) >= 11 is 0. The van der Waals surface area contributed by atoms with Crippen molar-refractivity contribution in [3.8, 4) is 0 Å². The molecule has 4 rings (SSSR count). The predicted octanol–water partition coefficient (Wildman–Crippen LogP) is 3.32. The highest BCUT2D eigenvalue weighted by molar-refractivity contribution is 5.80. The molecule has 5 nitrogen and oxygen atoms in total. The van der Waals surface area contributed by atoms with E-state index in [2.05, 4.69) is 41.0 Å². The van der Waals surface area contributed by atoms with Crippen LogP contribution < -0.4 is 0 Å². The van der Waals surface area contributed by atoms with Crippen LogP contribution in [-0.2, 0) is 16.1 Å². The number of aliphatic carboxylic acids is 1. The SMILES string of the molecule is Cc1ccc(CN2C[C@@H]3CN(C(=O)C4CCC4)C[C@@H]3C2)cc1.O=C(O)C(F)(F)F. The van der Waals surface area contributed by atoms with Gasteiger partial charge in [0, 0.05) is 38.6 Å². The highest BCUT2D eigenvalue weighted by Gasteiger charge is 2.43. The Morgan fingerprint density at radius 1 is 1.03 bits per heavy atom. The van der Waals surface area contributed by atoms with Gasteiger partial charge >= 0.3 is 12.1 Å². The zero-order valence-corrected chi connectivity index (χ0v) is 16.5. The molecular formula is C21H27F3N2O3. The molecule has 0 radical (unpaired) electrons. The lowest BCUT2D eigenvalue weighted by Gasteiger charge is -2.30. The molecule has 2 atom stereocenters. The molecule has 1 N–H and O–H groups in total. The summed E-state index contributed by atoms with van der Waals surface area (Å²) in [5.74, 6) is -0.537.